The van der Waals surface area contributed by atoms with Gasteiger partial charge in [0, 0.05) is 24.9 Å². The van der Waals surface area contributed by atoms with Gasteiger partial charge in [-0.3, -0.25) is 19.3 Å². The molecule has 1 heterocycles. The van der Waals surface area contributed by atoms with Crippen LogP contribution in [0.3, 0.4) is 0 Å². The molecular weight excluding hydrogens is 504 g/mol. The summed E-state index contributed by atoms with van der Waals surface area (Å²) in [6.45, 7) is 0.655. The maximum absolute atomic E-state index is 12.7. The SMILES string of the molecule is COBNCc1ccc(NC(=O)c2cc(Cl)c(OCCN3C(=O)c4ccccc4C3=O)c(Cl)c2)cc1. The van der Waals surface area contributed by atoms with Gasteiger partial charge in [-0.1, -0.05) is 47.5 Å². The number of ether oxygens (including phenoxy) is 1. The minimum absolute atomic E-state index is 0.0119. The highest BCUT2D eigenvalue weighted by Gasteiger charge is 2.34. The fourth-order valence-corrected chi connectivity index (χ4v) is 4.31. The number of halogens is 2. The van der Waals surface area contributed by atoms with E-state index in [1.165, 1.54) is 12.1 Å². The summed E-state index contributed by atoms with van der Waals surface area (Å²) in [5.41, 5.74) is 2.64. The van der Waals surface area contributed by atoms with Crippen LogP contribution in [0.1, 0.15) is 36.6 Å². The van der Waals surface area contributed by atoms with Crippen LogP contribution in [0.5, 0.6) is 5.75 Å². The van der Waals surface area contributed by atoms with Gasteiger partial charge in [-0.05, 0) is 42.0 Å². The molecule has 0 aromatic heterocycles. The average Bonchev–Trinajstić information content (AvgIpc) is 3.11. The lowest BCUT2D eigenvalue weighted by Crippen LogP contribution is -2.33. The zero-order valence-corrected chi connectivity index (χ0v) is 20.9. The predicted octanol–water partition coefficient (Wildman–Crippen LogP) is 3.92. The van der Waals surface area contributed by atoms with E-state index >= 15 is 0 Å². The number of benzene rings is 3. The Labute approximate surface area is 218 Å². The normalized spacial score (nSPS) is 12.5. The summed E-state index contributed by atoms with van der Waals surface area (Å²) in [7, 11) is 2.06. The predicted molar refractivity (Wildman–Crippen MR) is 139 cm³/mol. The third kappa shape index (κ3) is 5.71. The zero-order chi connectivity index (χ0) is 25.7. The molecule has 1 aliphatic rings. The van der Waals surface area contributed by atoms with E-state index in [2.05, 4.69) is 10.5 Å². The molecule has 1 aliphatic heterocycles. The van der Waals surface area contributed by atoms with E-state index in [1.807, 2.05) is 12.1 Å². The van der Waals surface area contributed by atoms with Crippen molar-refractivity contribution in [2.45, 2.75) is 6.54 Å². The molecule has 184 valence electrons. The number of carbonyl (C=O) groups is 3. The molecule has 0 fully saturated rings. The lowest BCUT2D eigenvalue weighted by molar-refractivity contribution is 0.0631. The van der Waals surface area contributed by atoms with E-state index in [0.29, 0.717) is 31.0 Å². The van der Waals surface area contributed by atoms with Crippen LogP contribution in [0, 0.1) is 0 Å². The van der Waals surface area contributed by atoms with Crippen molar-refractivity contribution >= 4 is 54.2 Å². The Morgan fingerprint density at radius 1 is 0.972 bits per heavy atom. The lowest BCUT2D eigenvalue weighted by atomic mass is 10.1. The Kier molecular flexibility index (Phi) is 8.27. The van der Waals surface area contributed by atoms with Crippen molar-refractivity contribution in [3.63, 3.8) is 0 Å². The van der Waals surface area contributed by atoms with Crippen molar-refractivity contribution in [2.24, 2.45) is 0 Å². The monoisotopic (exact) mass is 525 g/mol. The minimum atomic E-state index is -0.387. The molecule has 0 bridgehead atoms. The Morgan fingerprint density at radius 2 is 1.58 bits per heavy atom. The second-order valence-electron chi connectivity index (χ2n) is 7.94. The quantitative estimate of drug-likeness (QED) is 0.236. The summed E-state index contributed by atoms with van der Waals surface area (Å²) < 4.78 is 10.6. The van der Waals surface area contributed by atoms with E-state index in [9.17, 15) is 14.4 Å². The standard InChI is InChI=1S/C25H22BCl2N3O5/c1-35-26-29-14-15-6-8-17(9-7-15)30-23(32)16-12-20(27)22(21(28)13-16)36-11-10-31-24(33)18-4-2-3-5-19(18)25(31)34/h2-9,12-13,26,29H,10-11,14H2,1H3,(H,30,32). The van der Waals surface area contributed by atoms with Crippen molar-refractivity contribution in [3.8, 4) is 5.75 Å². The summed E-state index contributed by atoms with van der Waals surface area (Å²) >= 11 is 12.7. The Morgan fingerprint density at radius 3 is 2.17 bits per heavy atom. The zero-order valence-electron chi connectivity index (χ0n) is 19.3. The van der Waals surface area contributed by atoms with E-state index in [0.717, 1.165) is 10.5 Å². The number of rotatable bonds is 10. The molecule has 0 saturated carbocycles. The van der Waals surface area contributed by atoms with Gasteiger partial charge in [-0.2, -0.15) is 0 Å². The fraction of sp³-hybridized carbons (Fsp3) is 0.160. The molecule has 2 N–H and O–H groups in total. The summed E-state index contributed by atoms with van der Waals surface area (Å²) in [4.78, 5) is 38.8. The second-order valence-corrected chi connectivity index (χ2v) is 8.75. The molecule has 0 unspecified atom stereocenters. The summed E-state index contributed by atoms with van der Waals surface area (Å²) in [5.74, 6) is -0.966. The van der Waals surface area contributed by atoms with Gasteiger partial charge < -0.3 is 19.9 Å². The van der Waals surface area contributed by atoms with Gasteiger partial charge in [0.15, 0.2) is 5.75 Å². The van der Waals surface area contributed by atoms with Crippen LogP contribution in [0.25, 0.3) is 0 Å². The van der Waals surface area contributed by atoms with Crippen LogP contribution >= 0.6 is 23.2 Å². The number of imide groups is 1. The van der Waals surface area contributed by atoms with Crippen molar-refractivity contribution in [1.82, 2.24) is 10.1 Å². The van der Waals surface area contributed by atoms with Crippen LogP contribution in [0.15, 0.2) is 60.7 Å². The van der Waals surface area contributed by atoms with E-state index < -0.39 is 0 Å². The molecule has 3 amide bonds. The first-order chi connectivity index (χ1) is 17.4. The topological polar surface area (TPSA) is 97.0 Å². The molecule has 3 aromatic carbocycles. The first kappa shape index (κ1) is 25.7. The molecule has 0 saturated heterocycles. The highest BCUT2D eigenvalue weighted by molar-refractivity contribution is 6.37. The van der Waals surface area contributed by atoms with Gasteiger partial charge >= 0.3 is 7.62 Å². The molecule has 36 heavy (non-hydrogen) atoms. The van der Waals surface area contributed by atoms with Crippen molar-refractivity contribution in [1.29, 1.82) is 0 Å². The number of carbonyl (C=O) groups excluding carboxylic acids is 3. The van der Waals surface area contributed by atoms with Crippen LogP contribution in [-0.4, -0.2) is 50.5 Å². The number of amides is 3. The van der Waals surface area contributed by atoms with E-state index in [4.69, 9.17) is 32.6 Å². The Hall–Kier alpha value is -3.37. The molecule has 8 nitrogen and oxygen atoms in total. The van der Waals surface area contributed by atoms with Gasteiger partial charge in [0.2, 0.25) is 0 Å². The largest absolute Gasteiger partial charge is 0.489 e. The molecular formula is C25H22BCl2N3O5. The first-order valence-electron chi connectivity index (χ1n) is 11.1. The summed E-state index contributed by atoms with van der Waals surface area (Å²) in [5, 5.41) is 6.18. The third-order valence-corrected chi connectivity index (χ3v) is 6.05. The fourth-order valence-electron chi connectivity index (χ4n) is 3.72. The average molecular weight is 526 g/mol. The number of anilines is 1. The number of nitrogens with one attached hydrogen (secondary N) is 2. The van der Waals surface area contributed by atoms with Gasteiger partial charge in [0.25, 0.3) is 17.7 Å². The number of hydrogen-bond donors (Lipinski definition) is 2. The lowest BCUT2D eigenvalue weighted by Gasteiger charge is -2.16. The van der Waals surface area contributed by atoms with Gasteiger partial charge in [-0.25, -0.2) is 0 Å². The maximum atomic E-state index is 12.7. The molecule has 4 rings (SSSR count). The van der Waals surface area contributed by atoms with Crippen LogP contribution < -0.4 is 15.3 Å². The van der Waals surface area contributed by atoms with Crippen molar-refractivity contribution in [2.75, 3.05) is 25.6 Å². The maximum Gasteiger partial charge on any atom is 0.360 e. The minimum Gasteiger partial charge on any atom is -0.489 e. The van der Waals surface area contributed by atoms with E-state index in [-0.39, 0.29) is 52.2 Å². The van der Waals surface area contributed by atoms with Crippen LogP contribution in [0.4, 0.5) is 5.69 Å². The second kappa shape index (κ2) is 11.6. The number of nitrogens with zero attached hydrogens (tertiary/aromatic N) is 1. The molecule has 0 atom stereocenters. The van der Waals surface area contributed by atoms with Gasteiger partial charge in [0.1, 0.15) is 6.61 Å². The van der Waals surface area contributed by atoms with Crippen molar-refractivity contribution < 1.29 is 23.8 Å². The van der Waals surface area contributed by atoms with E-state index in [1.54, 1.807) is 43.5 Å². The van der Waals surface area contributed by atoms with Gasteiger partial charge in [-0.15, -0.1) is 0 Å². The van der Waals surface area contributed by atoms with Gasteiger partial charge in [0.05, 0.1) is 27.7 Å². The molecule has 0 radical (unpaired) electrons. The van der Waals surface area contributed by atoms with Crippen LogP contribution in [0.2, 0.25) is 10.0 Å². The molecule has 0 aliphatic carbocycles. The van der Waals surface area contributed by atoms with Crippen molar-refractivity contribution in [3.05, 3.63) is 93.0 Å². The third-order valence-electron chi connectivity index (χ3n) is 5.49. The number of hydrogen-bond acceptors (Lipinski definition) is 6. The highest BCUT2D eigenvalue weighted by atomic mass is 35.5. The molecule has 11 heteroatoms. The summed E-state index contributed by atoms with van der Waals surface area (Å²) in [6.07, 6.45) is 0. The smallest absolute Gasteiger partial charge is 0.360 e. The summed E-state index contributed by atoms with van der Waals surface area (Å²) in [6, 6.07) is 16.9. The number of fused-ring (bicyclic) bond motifs is 1. The molecule has 0 spiro atoms. The Balaban J connectivity index is 1.35. The first-order valence-corrected chi connectivity index (χ1v) is 11.8. The Bertz CT molecular complexity index is 1250. The highest BCUT2D eigenvalue weighted by Crippen LogP contribution is 2.34. The molecule has 3 aromatic rings. The van der Waals surface area contributed by atoms with Crippen LogP contribution in [-0.2, 0) is 11.2 Å².